The van der Waals surface area contributed by atoms with Gasteiger partial charge < -0.3 is 5.32 Å². The fraction of sp³-hybridized carbons (Fsp3) is 0.733. The molecule has 0 aromatic carbocycles. The molecule has 2 aliphatic carbocycles. The van der Waals surface area contributed by atoms with Gasteiger partial charge in [-0.2, -0.15) is 16.9 Å². The first kappa shape index (κ1) is 14.0. The fourth-order valence-corrected chi connectivity index (χ4v) is 4.60. The highest BCUT2D eigenvalue weighted by molar-refractivity contribution is 7.99. The molecule has 1 aromatic heterocycles. The van der Waals surface area contributed by atoms with Gasteiger partial charge in [0.1, 0.15) is 0 Å². The summed E-state index contributed by atoms with van der Waals surface area (Å²) < 4.78 is 0. The summed E-state index contributed by atoms with van der Waals surface area (Å²) in [6.45, 7) is 2.21. The number of H-pyrrole nitrogens is 1. The summed E-state index contributed by atoms with van der Waals surface area (Å²) in [5.41, 5.74) is 2.96. The second kappa shape index (κ2) is 6.20. The zero-order chi connectivity index (χ0) is 13.9. The molecule has 0 spiro atoms. The smallest absolute Gasteiger partial charge is 0.272 e. The summed E-state index contributed by atoms with van der Waals surface area (Å²) in [6, 6.07) is 0.328. The van der Waals surface area contributed by atoms with Crippen LogP contribution in [0.4, 0.5) is 0 Å². The zero-order valence-corrected chi connectivity index (χ0v) is 12.9. The number of amides is 1. The number of aromatic nitrogens is 2. The van der Waals surface area contributed by atoms with E-state index in [1.165, 1.54) is 18.5 Å². The van der Waals surface area contributed by atoms with Gasteiger partial charge in [-0.25, -0.2) is 0 Å². The fourth-order valence-electron chi connectivity index (χ4n) is 3.42. The van der Waals surface area contributed by atoms with Crippen molar-refractivity contribution < 1.29 is 4.79 Å². The maximum absolute atomic E-state index is 12.4. The molecule has 110 valence electrons. The number of rotatable bonds is 4. The molecule has 2 unspecified atom stereocenters. The van der Waals surface area contributed by atoms with Crippen molar-refractivity contribution in [2.45, 2.75) is 63.2 Å². The third kappa shape index (κ3) is 2.87. The number of aromatic amines is 1. The zero-order valence-electron chi connectivity index (χ0n) is 12.1. The second-order valence-corrected chi connectivity index (χ2v) is 7.37. The normalized spacial score (nSPS) is 25.4. The van der Waals surface area contributed by atoms with Crippen molar-refractivity contribution in [2.75, 3.05) is 5.75 Å². The molecule has 1 amide bonds. The molecular weight excluding hydrogens is 270 g/mol. The van der Waals surface area contributed by atoms with Crippen LogP contribution in [-0.2, 0) is 12.8 Å². The van der Waals surface area contributed by atoms with Crippen molar-refractivity contribution in [2.24, 2.45) is 0 Å². The molecule has 1 aromatic rings. The van der Waals surface area contributed by atoms with Gasteiger partial charge in [0.25, 0.3) is 5.91 Å². The van der Waals surface area contributed by atoms with Crippen molar-refractivity contribution in [3.63, 3.8) is 0 Å². The van der Waals surface area contributed by atoms with Crippen molar-refractivity contribution in [1.29, 1.82) is 0 Å². The minimum atomic E-state index is 0.0246. The Morgan fingerprint density at radius 1 is 1.40 bits per heavy atom. The van der Waals surface area contributed by atoms with Crippen molar-refractivity contribution in [3.05, 3.63) is 17.0 Å². The topological polar surface area (TPSA) is 57.8 Å². The Labute approximate surface area is 124 Å². The molecule has 0 saturated heterocycles. The van der Waals surface area contributed by atoms with Crippen LogP contribution in [0.15, 0.2) is 0 Å². The van der Waals surface area contributed by atoms with Crippen LogP contribution >= 0.6 is 11.8 Å². The molecule has 0 aliphatic heterocycles. The van der Waals surface area contributed by atoms with Gasteiger partial charge in [0.05, 0.1) is 0 Å². The van der Waals surface area contributed by atoms with E-state index in [0.29, 0.717) is 17.0 Å². The molecule has 1 fully saturated rings. The number of carbonyl (C=O) groups is 1. The molecule has 2 aliphatic rings. The van der Waals surface area contributed by atoms with Crippen LogP contribution in [0.5, 0.6) is 0 Å². The molecule has 2 N–H and O–H groups in total. The minimum Gasteiger partial charge on any atom is -0.348 e. The van der Waals surface area contributed by atoms with E-state index in [9.17, 15) is 4.79 Å². The van der Waals surface area contributed by atoms with E-state index in [0.717, 1.165) is 43.4 Å². The molecule has 4 nitrogen and oxygen atoms in total. The largest absolute Gasteiger partial charge is 0.348 e. The molecule has 20 heavy (non-hydrogen) atoms. The van der Waals surface area contributed by atoms with Crippen LogP contribution in [0.3, 0.4) is 0 Å². The third-order valence-electron chi connectivity index (χ3n) is 4.39. The van der Waals surface area contributed by atoms with Gasteiger partial charge >= 0.3 is 0 Å². The Morgan fingerprint density at radius 2 is 2.30 bits per heavy atom. The highest BCUT2D eigenvalue weighted by Gasteiger charge is 2.27. The Kier molecular flexibility index (Phi) is 4.34. The van der Waals surface area contributed by atoms with Gasteiger partial charge in [-0.3, -0.25) is 9.89 Å². The summed E-state index contributed by atoms with van der Waals surface area (Å²) in [4.78, 5) is 12.4. The Hall–Kier alpha value is -0.970. The van der Waals surface area contributed by atoms with Crippen molar-refractivity contribution in [3.8, 4) is 0 Å². The third-order valence-corrected chi connectivity index (χ3v) is 5.62. The average molecular weight is 293 g/mol. The standard InChI is InChI=1S/C15H23N3OS/c1-2-20-11-6-3-5-10(9-11)16-15(19)14-12-7-4-8-13(12)17-18-14/h10-11H,2-9H2,1H3,(H,16,19)(H,17,18). The number of hydrogen-bond donors (Lipinski definition) is 2. The maximum atomic E-state index is 12.4. The number of aryl methyl sites for hydroxylation is 1. The number of thioether (sulfide) groups is 1. The summed E-state index contributed by atoms with van der Waals surface area (Å²) in [5, 5.41) is 11.2. The van der Waals surface area contributed by atoms with Gasteiger partial charge in [-0.05, 0) is 44.3 Å². The lowest BCUT2D eigenvalue weighted by atomic mass is 9.95. The lowest BCUT2D eigenvalue weighted by molar-refractivity contribution is 0.0922. The van der Waals surface area contributed by atoms with Crippen LogP contribution in [0.1, 0.15) is 60.8 Å². The predicted octanol–water partition coefficient (Wildman–Crippen LogP) is 2.69. The lowest BCUT2D eigenvalue weighted by Crippen LogP contribution is -2.39. The van der Waals surface area contributed by atoms with E-state index in [4.69, 9.17) is 0 Å². The summed E-state index contributed by atoms with van der Waals surface area (Å²) in [6.07, 6.45) is 7.91. The summed E-state index contributed by atoms with van der Waals surface area (Å²) in [5.74, 6) is 1.19. The molecule has 5 heteroatoms. The Balaban J connectivity index is 1.61. The summed E-state index contributed by atoms with van der Waals surface area (Å²) in [7, 11) is 0. The number of nitrogens with one attached hydrogen (secondary N) is 2. The van der Waals surface area contributed by atoms with Crippen molar-refractivity contribution >= 4 is 17.7 Å². The molecular formula is C15H23N3OS. The quantitative estimate of drug-likeness (QED) is 0.897. The van der Waals surface area contributed by atoms with E-state index >= 15 is 0 Å². The molecule has 0 bridgehead atoms. The molecule has 1 heterocycles. The van der Waals surface area contributed by atoms with Gasteiger partial charge in [-0.15, -0.1) is 0 Å². The van der Waals surface area contributed by atoms with Crippen LogP contribution in [0, 0.1) is 0 Å². The van der Waals surface area contributed by atoms with Crippen molar-refractivity contribution in [1.82, 2.24) is 15.5 Å². The van der Waals surface area contributed by atoms with Crippen LogP contribution in [-0.4, -0.2) is 33.1 Å². The lowest BCUT2D eigenvalue weighted by Gasteiger charge is -2.29. The molecule has 2 atom stereocenters. The van der Waals surface area contributed by atoms with E-state index in [-0.39, 0.29) is 5.91 Å². The average Bonchev–Trinajstić information content (AvgIpc) is 3.01. The first-order valence-corrected chi connectivity index (χ1v) is 8.81. The predicted molar refractivity (Wildman–Crippen MR) is 82.3 cm³/mol. The van der Waals surface area contributed by atoms with E-state index in [1.54, 1.807) is 0 Å². The minimum absolute atomic E-state index is 0.0246. The van der Waals surface area contributed by atoms with E-state index in [2.05, 4.69) is 22.4 Å². The van der Waals surface area contributed by atoms with E-state index in [1.807, 2.05) is 11.8 Å². The first-order chi connectivity index (χ1) is 9.78. The second-order valence-electron chi connectivity index (χ2n) is 5.80. The van der Waals surface area contributed by atoms with E-state index < -0.39 is 0 Å². The SMILES string of the molecule is CCSC1CCCC(NC(=O)c2n[nH]c3c2CCC3)C1. The number of carbonyl (C=O) groups excluding carboxylic acids is 1. The maximum Gasteiger partial charge on any atom is 0.272 e. The molecule has 3 rings (SSSR count). The monoisotopic (exact) mass is 293 g/mol. The number of fused-ring (bicyclic) bond motifs is 1. The molecule has 1 saturated carbocycles. The van der Waals surface area contributed by atoms with Gasteiger partial charge in [0.2, 0.25) is 0 Å². The summed E-state index contributed by atoms with van der Waals surface area (Å²) >= 11 is 2.03. The van der Waals surface area contributed by atoms with Crippen LogP contribution in [0.2, 0.25) is 0 Å². The number of hydrogen-bond acceptors (Lipinski definition) is 3. The Bertz CT molecular complexity index is 483. The highest BCUT2D eigenvalue weighted by atomic mass is 32.2. The molecule has 0 radical (unpaired) electrons. The van der Waals surface area contributed by atoms with Gasteiger partial charge in [-0.1, -0.05) is 13.3 Å². The van der Waals surface area contributed by atoms with Gasteiger partial charge in [0.15, 0.2) is 5.69 Å². The Morgan fingerprint density at radius 3 is 3.15 bits per heavy atom. The number of nitrogens with zero attached hydrogens (tertiary/aromatic N) is 1. The van der Waals surface area contributed by atoms with Gasteiger partial charge in [0, 0.05) is 22.5 Å². The van der Waals surface area contributed by atoms with Crippen LogP contribution in [0.25, 0.3) is 0 Å². The highest BCUT2D eigenvalue weighted by Crippen LogP contribution is 2.29. The van der Waals surface area contributed by atoms with Crippen LogP contribution < -0.4 is 5.32 Å². The first-order valence-electron chi connectivity index (χ1n) is 7.76.